The number of pyridine rings is 1. The number of aromatic amines is 1. The van der Waals surface area contributed by atoms with Gasteiger partial charge in [0.25, 0.3) is 0 Å². The molecular weight excluding hydrogens is 276 g/mol. The van der Waals surface area contributed by atoms with Gasteiger partial charge >= 0.3 is 0 Å². The first-order valence-electron chi connectivity index (χ1n) is 7.02. The van der Waals surface area contributed by atoms with Gasteiger partial charge in [-0.2, -0.15) is 0 Å². The van der Waals surface area contributed by atoms with Crippen molar-refractivity contribution >= 4 is 11.7 Å². The van der Waals surface area contributed by atoms with E-state index in [1.54, 1.807) is 12.4 Å². The minimum atomic E-state index is -0.0833. The summed E-state index contributed by atoms with van der Waals surface area (Å²) in [6, 6.07) is 13.5. The molecule has 5 heteroatoms. The molecule has 0 saturated heterocycles. The third kappa shape index (κ3) is 3.38. The molecule has 0 aliphatic carbocycles. The number of benzene rings is 1. The number of nitrogens with zero attached hydrogens (tertiary/aromatic N) is 2. The van der Waals surface area contributed by atoms with Crippen LogP contribution in [0.15, 0.2) is 54.9 Å². The average Bonchev–Trinajstić information content (AvgIpc) is 2.99. The molecule has 2 N–H and O–H groups in total. The van der Waals surface area contributed by atoms with E-state index >= 15 is 0 Å². The van der Waals surface area contributed by atoms with Gasteiger partial charge in [0.1, 0.15) is 11.5 Å². The van der Waals surface area contributed by atoms with Crippen LogP contribution in [-0.4, -0.2) is 20.9 Å². The predicted octanol–water partition coefficient (Wildman–Crippen LogP) is 2.96. The SMILES string of the molecule is Cc1ccc(CC(=O)Nc2cnc(-c3ccccn3)[nH]2)cc1. The lowest BCUT2D eigenvalue weighted by Gasteiger charge is -2.03. The molecule has 22 heavy (non-hydrogen) atoms. The fourth-order valence-electron chi connectivity index (χ4n) is 2.10. The van der Waals surface area contributed by atoms with Gasteiger partial charge < -0.3 is 10.3 Å². The number of aryl methyl sites for hydroxylation is 1. The lowest BCUT2D eigenvalue weighted by molar-refractivity contribution is -0.115. The van der Waals surface area contributed by atoms with Gasteiger partial charge in [0.05, 0.1) is 12.6 Å². The Kier molecular flexibility index (Phi) is 3.96. The number of carbonyl (C=O) groups excluding carboxylic acids is 1. The van der Waals surface area contributed by atoms with Crippen molar-refractivity contribution in [2.24, 2.45) is 0 Å². The van der Waals surface area contributed by atoms with E-state index in [1.807, 2.05) is 49.4 Å². The number of amides is 1. The van der Waals surface area contributed by atoms with Crippen molar-refractivity contribution in [2.75, 3.05) is 5.32 Å². The molecular formula is C17H16N4O. The van der Waals surface area contributed by atoms with Crippen molar-refractivity contribution in [2.45, 2.75) is 13.3 Å². The van der Waals surface area contributed by atoms with Gasteiger partial charge in [0, 0.05) is 6.20 Å². The van der Waals surface area contributed by atoms with E-state index < -0.39 is 0 Å². The van der Waals surface area contributed by atoms with Crippen LogP contribution in [-0.2, 0) is 11.2 Å². The van der Waals surface area contributed by atoms with Gasteiger partial charge in [-0.15, -0.1) is 0 Å². The minimum Gasteiger partial charge on any atom is -0.323 e. The topological polar surface area (TPSA) is 70.7 Å². The number of aromatic nitrogens is 3. The lowest BCUT2D eigenvalue weighted by Crippen LogP contribution is -2.14. The first-order chi connectivity index (χ1) is 10.7. The summed E-state index contributed by atoms with van der Waals surface area (Å²) in [4.78, 5) is 23.5. The molecule has 0 bridgehead atoms. The normalized spacial score (nSPS) is 10.4. The Morgan fingerprint density at radius 1 is 1.14 bits per heavy atom. The van der Waals surface area contributed by atoms with E-state index in [-0.39, 0.29) is 5.91 Å². The molecule has 0 radical (unpaired) electrons. The summed E-state index contributed by atoms with van der Waals surface area (Å²) in [6.45, 7) is 2.02. The van der Waals surface area contributed by atoms with Crippen LogP contribution in [0.1, 0.15) is 11.1 Å². The summed E-state index contributed by atoms with van der Waals surface area (Å²) >= 11 is 0. The van der Waals surface area contributed by atoms with Crippen LogP contribution >= 0.6 is 0 Å². The number of hydrogen-bond donors (Lipinski definition) is 2. The number of hydrogen-bond acceptors (Lipinski definition) is 3. The number of carbonyl (C=O) groups is 1. The van der Waals surface area contributed by atoms with Crippen LogP contribution in [0.3, 0.4) is 0 Å². The van der Waals surface area contributed by atoms with Crippen molar-refractivity contribution < 1.29 is 4.79 Å². The van der Waals surface area contributed by atoms with Gasteiger partial charge in [-0.3, -0.25) is 9.78 Å². The van der Waals surface area contributed by atoms with E-state index in [9.17, 15) is 4.79 Å². The molecule has 1 aromatic carbocycles. The first-order valence-corrected chi connectivity index (χ1v) is 7.02. The Balaban J connectivity index is 1.65. The van der Waals surface area contributed by atoms with Crippen LogP contribution in [0.2, 0.25) is 0 Å². The zero-order valence-electron chi connectivity index (χ0n) is 12.2. The number of anilines is 1. The van der Waals surface area contributed by atoms with Crippen molar-refractivity contribution in [1.29, 1.82) is 0 Å². The molecule has 0 saturated carbocycles. The Morgan fingerprint density at radius 3 is 2.68 bits per heavy atom. The Hall–Kier alpha value is -2.95. The highest BCUT2D eigenvalue weighted by Crippen LogP contribution is 2.14. The first kappa shape index (κ1) is 14.0. The van der Waals surface area contributed by atoms with Gasteiger partial charge in [-0.1, -0.05) is 35.9 Å². The molecule has 0 unspecified atom stereocenters. The van der Waals surface area contributed by atoms with Gasteiger partial charge in [-0.25, -0.2) is 4.98 Å². The summed E-state index contributed by atoms with van der Waals surface area (Å²) in [5.74, 6) is 1.11. The maximum Gasteiger partial charge on any atom is 0.229 e. The minimum absolute atomic E-state index is 0.0833. The second-order valence-corrected chi connectivity index (χ2v) is 5.07. The highest BCUT2D eigenvalue weighted by Gasteiger charge is 2.08. The number of imidazole rings is 1. The average molecular weight is 292 g/mol. The van der Waals surface area contributed by atoms with E-state index in [1.165, 1.54) is 5.56 Å². The highest BCUT2D eigenvalue weighted by atomic mass is 16.1. The van der Waals surface area contributed by atoms with Crippen molar-refractivity contribution in [3.63, 3.8) is 0 Å². The molecule has 3 rings (SSSR count). The quantitative estimate of drug-likeness (QED) is 0.776. The predicted molar refractivity (Wildman–Crippen MR) is 85.3 cm³/mol. The lowest BCUT2D eigenvalue weighted by atomic mass is 10.1. The summed E-state index contributed by atoms with van der Waals surface area (Å²) in [5.41, 5.74) is 2.90. The fraction of sp³-hybridized carbons (Fsp3) is 0.118. The van der Waals surface area contributed by atoms with Crippen LogP contribution in [0.5, 0.6) is 0 Å². The molecule has 2 aromatic heterocycles. The van der Waals surface area contributed by atoms with Crippen LogP contribution in [0.25, 0.3) is 11.5 Å². The van der Waals surface area contributed by atoms with E-state index in [2.05, 4.69) is 20.3 Å². The Labute approximate surface area is 128 Å². The molecule has 2 heterocycles. The number of nitrogens with one attached hydrogen (secondary N) is 2. The Morgan fingerprint density at radius 2 is 1.95 bits per heavy atom. The second kappa shape index (κ2) is 6.22. The third-order valence-corrected chi connectivity index (χ3v) is 3.24. The molecule has 0 fully saturated rings. The third-order valence-electron chi connectivity index (χ3n) is 3.24. The van der Waals surface area contributed by atoms with E-state index in [0.29, 0.717) is 18.1 Å². The summed E-state index contributed by atoms with van der Waals surface area (Å²) < 4.78 is 0. The van der Waals surface area contributed by atoms with E-state index in [0.717, 1.165) is 11.3 Å². The van der Waals surface area contributed by atoms with Crippen LogP contribution in [0.4, 0.5) is 5.82 Å². The molecule has 3 aromatic rings. The summed E-state index contributed by atoms with van der Waals surface area (Å²) in [6.07, 6.45) is 3.63. The molecule has 0 spiro atoms. The van der Waals surface area contributed by atoms with E-state index in [4.69, 9.17) is 0 Å². The smallest absolute Gasteiger partial charge is 0.229 e. The second-order valence-electron chi connectivity index (χ2n) is 5.07. The maximum absolute atomic E-state index is 12.0. The molecule has 110 valence electrons. The molecule has 0 atom stereocenters. The van der Waals surface area contributed by atoms with Crippen LogP contribution < -0.4 is 5.32 Å². The van der Waals surface area contributed by atoms with Gasteiger partial charge in [0.2, 0.25) is 5.91 Å². The number of H-pyrrole nitrogens is 1. The maximum atomic E-state index is 12.0. The van der Waals surface area contributed by atoms with Gasteiger partial charge in [-0.05, 0) is 24.6 Å². The zero-order chi connectivity index (χ0) is 15.4. The largest absolute Gasteiger partial charge is 0.323 e. The molecule has 1 amide bonds. The Bertz CT molecular complexity index is 763. The fourth-order valence-corrected chi connectivity index (χ4v) is 2.10. The highest BCUT2D eigenvalue weighted by molar-refractivity contribution is 5.91. The standard InChI is InChI=1S/C17H16N4O/c1-12-5-7-13(8-6-12)10-16(22)20-15-11-19-17(21-15)14-4-2-3-9-18-14/h2-9,11H,10H2,1H3,(H,19,21)(H,20,22). The molecule has 0 aliphatic rings. The number of rotatable bonds is 4. The zero-order valence-corrected chi connectivity index (χ0v) is 12.2. The molecule has 0 aliphatic heterocycles. The van der Waals surface area contributed by atoms with Crippen molar-refractivity contribution in [3.05, 3.63) is 66.0 Å². The van der Waals surface area contributed by atoms with Crippen molar-refractivity contribution in [3.8, 4) is 11.5 Å². The summed E-state index contributed by atoms with van der Waals surface area (Å²) in [7, 11) is 0. The monoisotopic (exact) mass is 292 g/mol. The van der Waals surface area contributed by atoms with Crippen molar-refractivity contribution in [1.82, 2.24) is 15.0 Å². The van der Waals surface area contributed by atoms with Gasteiger partial charge in [0.15, 0.2) is 5.82 Å². The molecule has 5 nitrogen and oxygen atoms in total. The summed E-state index contributed by atoms with van der Waals surface area (Å²) in [5, 5.41) is 2.81. The van der Waals surface area contributed by atoms with Crippen LogP contribution in [0, 0.1) is 6.92 Å².